The van der Waals surface area contributed by atoms with Crippen LogP contribution < -0.4 is 0 Å². The fraction of sp³-hybridized carbons (Fsp3) is 0.350. The van der Waals surface area contributed by atoms with Gasteiger partial charge in [0.15, 0.2) is 5.78 Å². The molecule has 0 aromatic heterocycles. The van der Waals surface area contributed by atoms with Crippen LogP contribution in [0.4, 0.5) is 0 Å². The van der Waals surface area contributed by atoms with Crippen molar-refractivity contribution in [1.82, 2.24) is 0 Å². The maximum Gasteiger partial charge on any atom is 0.193 e. The average Bonchev–Trinajstić information content (AvgIpc) is 2.57. The van der Waals surface area contributed by atoms with Gasteiger partial charge in [-0.15, -0.1) is 0 Å². The Morgan fingerprint density at radius 1 is 0.864 bits per heavy atom. The molecule has 0 amide bonds. The van der Waals surface area contributed by atoms with Crippen LogP contribution >= 0.6 is 0 Å². The van der Waals surface area contributed by atoms with Crippen molar-refractivity contribution in [2.24, 2.45) is 0 Å². The van der Waals surface area contributed by atoms with Crippen LogP contribution in [-0.4, -0.2) is 10.9 Å². The molecule has 0 spiro atoms. The lowest BCUT2D eigenvalue weighted by Crippen LogP contribution is -2.35. The molecule has 0 saturated carbocycles. The molecule has 2 aromatic rings. The van der Waals surface area contributed by atoms with Gasteiger partial charge in [-0.25, -0.2) is 0 Å². The third-order valence-corrected chi connectivity index (χ3v) is 4.63. The summed E-state index contributed by atoms with van der Waals surface area (Å²) in [6, 6.07) is 15.0. The van der Waals surface area contributed by atoms with E-state index in [1.54, 1.807) is 0 Å². The molecule has 2 nitrogen and oxygen atoms in total. The summed E-state index contributed by atoms with van der Waals surface area (Å²) in [7, 11) is 0. The second-order valence-electron chi connectivity index (χ2n) is 6.09. The maximum absolute atomic E-state index is 12.7. The Balaban J connectivity index is 2.05. The number of hydrogen-bond acceptors (Lipinski definition) is 2. The third kappa shape index (κ3) is 2.38. The fourth-order valence-corrected chi connectivity index (χ4v) is 3.45. The van der Waals surface area contributed by atoms with Gasteiger partial charge in [-0.3, -0.25) is 4.79 Å². The Morgan fingerprint density at radius 3 is 1.95 bits per heavy atom. The highest BCUT2D eigenvalue weighted by Gasteiger charge is 2.41. The summed E-state index contributed by atoms with van der Waals surface area (Å²) in [6.07, 6.45) is 5.08. The zero-order valence-electron chi connectivity index (χ0n) is 13.0. The molecule has 2 heteroatoms. The molecule has 114 valence electrons. The predicted octanol–water partition coefficient (Wildman–Crippen LogP) is 4.44. The van der Waals surface area contributed by atoms with Crippen LogP contribution in [0.25, 0.3) is 0 Å². The standard InChI is InChI=1S/C20H22O2/c1-2-3-4-9-14-20(22)17-12-7-5-10-15(17)19(21)16-11-6-8-13-18(16)20/h5-8,10-13,22H,2-4,9,14H2,1H3. The van der Waals surface area contributed by atoms with Gasteiger partial charge in [0, 0.05) is 11.1 Å². The van der Waals surface area contributed by atoms with E-state index in [0.717, 1.165) is 24.0 Å². The van der Waals surface area contributed by atoms with Crippen LogP contribution in [0.5, 0.6) is 0 Å². The van der Waals surface area contributed by atoms with Gasteiger partial charge < -0.3 is 5.11 Å². The monoisotopic (exact) mass is 294 g/mol. The van der Waals surface area contributed by atoms with Crippen molar-refractivity contribution >= 4 is 5.78 Å². The lowest BCUT2D eigenvalue weighted by Gasteiger charge is -2.36. The minimum atomic E-state index is -1.05. The quantitative estimate of drug-likeness (QED) is 0.828. The van der Waals surface area contributed by atoms with E-state index in [1.165, 1.54) is 12.8 Å². The summed E-state index contributed by atoms with van der Waals surface area (Å²) < 4.78 is 0. The van der Waals surface area contributed by atoms with E-state index in [-0.39, 0.29) is 5.78 Å². The second-order valence-corrected chi connectivity index (χ2v) is 6.09. The molecule has 1 N–H and O–H groups in total. The topological polar surface area (TPSA) is 37.3 Å². The van der Waals surface area contributed by atoms with Crippen LogP contribution in [0, 0.1) is 0 Å². The Bertz CT molecular complexity index is 638. The Labute approximate surface area is 131 Å². The highest BCUT2D eigenvalue weighted by molar-refractivity contribution is 6.13. The van der Waals surface area contributed by atoms with Gasteiger partial charge in [-0.1, -0.05) is 74.7 Å². The van der Waals surface area contributed by atoms with Crippen molar-refractivity contribution in [1.29, 1.82) is 0 Å². The van der Waals surface area contributed by atoms with Gasteiger partial charge >= 0.3 is 0 Å². The first kappa shape index (κ1) is 15.0. The third-order valence-electron chi connectivity index (χ3n) is 4.63. The van der Waals surface area contributed by atoms with Crippen LogP contribution in [-0.2, 0) is 5.60 Å². The van der Waals surface area contributed by atoms with Gasteiger partial charge in [0.05, 0.1) is 0 Å². The van der Waals surface area contributed by atoms with Crippen molar-refractivity contribution in [3.8, 4) is 0 Å². The van der Waals surface area contributed by atoms with Gasteiger partial charge in [-0.2, -0.15) is 0 Å². The highest BCUT2D eigenvalue weighted by atomic mass is 16.3. The van der Waals surface area contributed by atoms with Crippen molar-refractivity contribution < 1.29 is 9.90 Å². The molecule has 0 radical (unpaired) electrons. The van der Waals surface area contributed by atoms with Crippen LogP contribution in [0.15, 0.2) is 48.5 Å². The second kappa shape index (κ2) is 6.05. The van der Waals surface area contributed by atoms with Crippen molar-refractivity contribution in [3.63, 3.8) is 0 Å². The number of hydrogen-bond donors (Lipinski definition) is 1. The van der Waals surface area contributed by atoms with Crippen molar-refractivity contribution in [3.05, 3.63) is 70.8 Å². The van der Waals surface area contributed by atoms with E-state index in [1.807, 2.05) is 48.5 Å². The first-order valence-corrected chi connectivity index (χ1v) is 8.14. The molecule has 1 aliphatic carbocycles. The molecule has 0 aliphatic heterocycles. The number of carbonyl (C=O) groups is 1. The summed E-state index contributed by atoms with van der Waals surface area (Å²) in [4.78, 5) is 12.7. The zero-order valence-corrected chi connectivity index (χ0v) is 13.0. The molecule has 3 rings (SSSR count). The van der Waals surface area contributed by atoms with E-state index in [4.69, 9.17) is 0 Å². The Morgan fingerprint density at radius 2 is 1.41 bits per heavy atom. The first-order chi connectivity index (χ1) is 10.7. The number of carbonyl (C=O) groups excluding carboxylic acids is 1. The summed E-state index contributed by atoms with van der Waals surface area (Å²) in [6.45, 7) is 2.18. The van der Waals surface area contributed by atoms with E-state index < -0.39 is 5.60 Å². The van der Waals surface area contributed by atoms with E-state index in [2.05, 4.69) is 6.92 Å². The van der Waals surface area contributed by atoms with Crippen LogP contribution in [0.1, 0.15) is 66.1 Å². The number of ketones is 1. The summed E-state index contributed by atoms with van der Waals surface area (Å²) in [5.74, 6) is 0.0180. The van der Waals surface area contributed by atoms with Crippen molar-refractivity contribution in [2.75, 3.05) is 0 Å². The first-order valence-electron chi connectivity index (χ1n) is 8.14. The molecule has 0 unspecified atom stereocenters. The molecular weight excluding hydrogens is 272 g/mol. The molecular formula is C20H22O2. The average molecular weight is 294 g/mol. The van der Waals surface area contributed by atoms with Gasteiger partial charge in [0.1, 0.15) is 5.60 Å². The molecule has 2 aromatic carbocycles. The maximum atomic E-state index is 12.7. The minimum Gasteiger partial charge on any atom is -0.380 e. The van der Waals surface area contributed by atoms with Gasteiger partial charge in [-0.05, 0) is 24.0 Å². The number of rotatable bonds is 5. The number of unbranched alkanes of at least 4 members (excludes halogenated alkanes) is 3. The van der Waals surface area contributed by atoms with Crippen molar-refractivity contribution in [2.45, 2.75) is 44.6 Å². The summed E-state index contributed by atoms with van der Waals surface area (Å²) in [5, 5.41) is 11.4. The molecule has 0 fully saturated rings. The number of aliphatic hydroxyl groups is 1. The lowest BCUT2D eigenvalue weighted by atomic mass is 9.72. The predicted molar refractivity (Wildman–Crippen MR) is 88.1 cm³/mol. The number of benzene rings is 2. The van der Waals surface area contributed by atoms with E-state index >= 15 is 0 Å². The fourth-order valence-electron chi connectivity index (χ4n) is 3.45. The van der Waals surface area contributed by atoms with Gasteiger partial charge in [0.2, 0.25) is 0 Å². The summed E-state index contributed by atoms with van der Waals surface area (Å²) >= 11 is 0. The zero-order chi connectivity index (χ0) is 15.6. The highest BCUT2D eigenvalue weighted by Crippen LogP contribution is 2.42. The molecule has 1 aliphatic rings. The normalized spacial score (nSPS) is 15.3. The summed E-state index contributed by atoms with van der Waals surface area (Å²) in [5.41, 5.74) is 1.75. The molecule has 0 bridgehead atoms. The largest absolute Gasteiger partial charge is 0.380 e. The lowest BCUT2D eigenvalue weighted by molar-refractivity contribution is 0.0611. The van der Waals surface area contributed by atoms with E-state index in [0.29, 0.717) is 17.5 Å². The molecule has 0 atom stereocenters. The van der Waals surface area contributed by atoms with Crippen LogP contribution in [0.2, 0.25) is 0 Å². The molecule has 22 heavy (non-hydrogen) atoms. The van der Waals surface area contributed by atoms with Crippen LogP contribution in [0.3, 0.4) is 0 Å². The SMILES string of the molecule is CCCCCCC1(O)c2ccccc2C(=O)c2ccccc21. The Kier molecular flexibility index (Phi) is 4.12. The molecule has 0 heterocycles. The smallest absolute Gasteiger partial charge is 0.193 e. The minimum absolute atomic E-state index is 0.0180. The number of fused-ring (bicyclic) bond motifs is 2. The van der Waals surface area contributed by atoms with E-state index in [9.17, 15) is 9.90 Å². The molecule has 0 saturated heterocycles. The van der Waals surface area contributed by atoms with Gasteiger partial charge in [0.25, 0.3) is 0 Å². The Hall–Kier alpha value is -1.93.